The van der Waals surface area contributed by atoms with Crippen molar-refractivity contribution >= 4 is 32.9 Å². The molecule has 0 saturated carbocycles. The fourth-order valence-electron chi connectivity index (χ4n) is 0. The predicted octanol–water partition coefficient (Wildman–Crippen LogP) is -0.0749. The van der Waals surface area contributed by atoms with Gasteiger partial charge in [-0.2, -0.15) is 0 Å². The number of carbonyl (C=O) groups is 1. The van der Waals surface area contributed by atoms with Gasteiger partial charge in [0.2, 0.25) is 0 Å². The minimum atomic E-state index is 0. The molecule has 0 fully saturated rings. The van der Waals surface area contributed by atoms with Gasteiger partial charge in [-0.15, -0.1) is 0 Å². The molecule has 0 aromatic rings. The number of aldehydes is 1. The van der Waals surface area contributed by atoms with Crippen LogP contribution in [0, 0.1) is 5.92 Å². The molecule has 0 bridgehead atoms. The second-order valence-electron chi connectivity index (χ2n) is 1.38. The first-order valence-electron chi connectivity index (χ1n) is 1.72. The summed E-state index contributed by atoms with van der Waals surface area (Å²) >= 11 is 0. The van der Waals surface area contributed by atoms with Gasteiger partial charge in [0.1, 0.15) is 6.29 Å². The molecule has 0 aliphatic rings. The van der Waals surface area contributed by atoms with Gasteiger partial charge in [0.25, 0.3) is 0 Å². The molecule has 38 valence electrons. The summed E-state index contributed by atoms with van der Waals surface area (Å²) in [6.07, 6.45) is 0.917. The molecule has 0 aromatic heterocycles. The van der Waals surface area contributed by atoms with Crippen molar-refractivity contribution in [2.45, 2.75) is 13.8 Å². The first-order valence-corrected chi connectivity index (χ1v) is 1.72. The topological polar surface area (TPSA) is 17.1 Å². The van der Waals surface area contributed by atoms with Crippen molar-refractivity contribution in [1.82, 2.24) is 0 Å². The van der Waals surface area contributed by atoms with E-state index in [-0.39, 0.29) is 32.5 Å². The van der Waals surface area contributed by atoms with Gasteiger partial charge in [0.15, 0.2) is 0 Å². The van der Waals surface area contributed by atoms with E-state index in [1.807, 2.05) is 13.8 Å². The van der Waals surface area contributed by atoms with Gasteiger partial charge in [-0.25, -0.2) is 0 Å². The van der Waals surface area contributed by atoms with Crippen molar-refractivity contribution in [3.05, 3.63) is 0 Å². The third kappa shape index (κ3) is 8.82. The van der Waals surface area contributed by atoms with E-state index in [4.69, 9.17) is 0 Å². The Morgan fingerprint density at radius 1 is 1.50 bits per heavy atom. The SMILES string of the molecule is CC(C)C=O.[PoH2]. The third-order valence-electron chi connectivity index (χ3n) is 0.272. The van der Waals surface area contributed by atoms with Crippen LogP contribution in [0.15, 0.2) is 0 Å². The molecule has 1 nitrogen and oxygen atoms in total. The summed E-state index contributed by atoms with van der Waals surface area (Å²) in [6.45, 7) is 3.71. The Morgan fingerprint density at radius 2 is 1.67 bits per heavy atom. The average Bonchev–Trinajstić information content (AvgIpc) is 1.38. The van der Waals surface area contributed by atoms with E-state index in [1.54, 1.807) is 0 Å². The fourth-order valence-corrected chi connectivity index (χ4v) is 0. The molecular weight excluding hydrogens is 273 g/mol. The van der Waals surface area contributed by atoms with E-state index >= 15 is 0 Å². The van der Waals surface area contributed by atoms with Crippen LogP contribution in [0.5, 0.6) is 0 Å². The normalized spacial score (nSPS) is 7.17. The monoisotopic (exact) mass is 283 g/mol. The van der Waals surface area contributed by atoms with Gasteiger partial charge < -0.3 is 4.79 Å². The molecule has 2 heteroatoms. The molecule has 0 radical (unpaired) electrons. The Hall–Kier alpha value is 0.566. The molecule has 0 atom stereocenters. The molecule has 0 rings (SSSR count). The zero-order chi connectivity index (χ0) is 4.28. The Bertz CT molecular complexity index is 34.5. The van der Waals surface area contributed by atoms with Crippen LogP contribution in [0.2, 0.25) is 0 Å². The fraction of sp³-hybridized carbons (Fsp3) is 0.750. The van der Waals surface area contributed by atoms with E-state index in [1.165, 1.54) is 0 Å². The van der Waals surface area contributed by atoms with Crippen LogP contribution in [0.1, 0.15) is 13.8 Å². The number of rotatable bonds is 1. The number of hydrogen-bond acceptors (Lipinski definition) is 1. The van der Waals surface area contributed by atoms with Crippen molar-refractivity contribution < 1.29 is 4.79 Å². The standard InChI is InChI=1S/C4H8O.Po.2H/c1-4(2)3-5;;;/h3-4H,1-2H3;;;. The Kier molecular flexibility index (Phi) is 9.05. The van der Waals surface area contributed by atoms with Gasteiger partial charge in [-0.05, 0) is 0 Å². The van der Waals surface area contributed by atoms with E-state index < -0.39 is 0 Å². The van der Waals surface area contributed by atoms with Crippen LogP contribution in [0.3, 0.4) is 0 Å². The quantitative estimate of drug-likeness (QED) is 0.616. The molecule has 6 heavy (non-hydrogen) atoms. The summed E-state index contributed by atoms with van der Waals surface area (Å²) in [5, 5.41) is 0. The van der Waals surface area contributed by atoms with Crippen molar-refractivity contribution in [1.29, 1.82) is 0 Å². The van der Waals surface area contributed by atoms with Gasteiger partial charge in [0, 0.05) is 5.92 Å². The van der Waals surface area contributed by atoms with E-state index in [9.17, 15) is 4.79 Å². The summed E-state index contributed by atoms with van der Waals surface area (Å²) in [5.41, 5.74) is 0. The Labute approximate surface area is 57.6 Å². The van der Waals surface area contributed by atoms with Crippen LogP contribution >= 0.6 is 0 Å². The molecule has 0 saturated heterocycles. The maximum atomic E-state index is 9.50. The summed E-state index contributed by atoms with van der Waals surface area (Å²) < 4.78 is 0. The second-order valence-corrected chi connectivity index (χ2v) is 1.38. The maximum absolute atomic E-state index is 9.50. The van der Waals surface area contributed by atoms with Gasteiger partial charge in [0.05, 0.1) is 0 Å². The Morgan fingerprint density at radius 3 is 1.67 bits per heavy atom. The molecule has 0 unspecified atom stereocenters. The van der Waals surface area contributed by atoms with Crippen LogP contribution < -0.4 is 0 Å². The molecule has 0 heterocycles. The van der Waals surface area contributed by atoms with Crippen LogP contribution in [0.4, 0.5) is 0 Å². The summed E-state index contributed by atoms with van der Waals surface area (Å²) in [5.74, 6) is 0.204. The molecule has 0 N–H and O–H groups in total. The molecule has 0 aliphatic carbocycles. The van der Waals surface area contributed by atoms with Crippen LogP contribution in [-0.2, 0) is 4.79 Å². The summed E-state index contributed by atoms with van der Waals surface area (Å²) in [6, 6.07) is 0. The second kappa shape index (κ2) is 5.57. The first-order chi connectivity index (χ1) is 2.27. The average molecular weight is 283 g/mol. The molecular formula is C4H10OPo. The third-order valence-corrected chi connectivity index (χ3v) is 0.272. The molecule has 0 amide bonds. The van der Waals surface area contributed by atoms with Gasteiger partial charge in [-0.3, -0.25) is 0 Å². The summed E-state index contributed by atoms with van der Waals surface area (Å²) in [7, 11) is 0. The van der Waals surface area contributed by atoms with Crippen molar-refractivity contribution in [3.8, 4) is 0 Å². The minimum absolute atomic E-state index is 0. The van der Waals surface area contributed by atoms with E-state index in [0.29, 0.717) is 0 Å². The van der Waals surface area contributed by atoms with Crippen molar-refractivity contribution in [3.63, 3.8) is 0 Å². The number of hydrogen-bond donors (Lipinski definition) is 0. The Balaban J connectivity index is 0. The van der Waals surface area contributed by atoms with Crippen LogP contribution in [0.25, 0.3) is 0 Å². The molecule has 0 aliphatic heterocycles. The van der Waals surface area contributed by atoms with Gasteiger partial charge in [-0.1, -0.05) is 13.8 Å². The predicted molar refractivity (Wildman–Crippen MR) is 29.4 cm³/mol. The van der Waals surface area contributed by atoms with Crippen molar-refractivity contribution in [2.24, 2.45) is 5.92 Å². The summed E-state index contributed by atoms with van der Waals surface area (Å²) in [4.78, 5) is 9.50. The number of carbonyl (C=O) groups excluding carboxylic acids is 1. The zero-order valence-corrected chi connectivity index (χ0v) is 7.95. The van der Waals surface area contributed by atoms with E-state index in [2.05, 4.69) is 0 Å². The molecule has 0 spiro atoms. The first kappa shape index (κ1) is 9.76. The zero-order valence-electron chi connectivity index (χ0n) is 4.06. The van der Waals surface area contributed by atoms with Crippen molar-refractivity contribution in [2.75, 3.05) is 0 Å². The van der Waals surface area contributed by atoms with Gasteiger partial charge >= 0.3 is 26.6 Å². The van der Waals surface area contributed by atoms with Crippen LogP contribution in [-0.4, -0.2) is 32.9 Å². The van der Waals surface area contributed by atoms with E-state index in [0.717, 1.165) is 6.29 Å². The molecule has 0 aromatic carbocycles.